The van der Waals surface area contributed by atoms with Crippen molar-refractivity contribution in [3.8, 4) is 11.5 Å². The molecule has 1 atom stereocenters. The lowest BCUT2D eigenvalue weighted by atomic mass is 10.1. The van der Waals surface area contributed by atoms with E-state index in [9.17, 15) is 9.59 Å². The third kappa shape index (κ3) is 4.51. The van der Waals surface area contributed by atoms with Crippen molar-refractivity contribution >= 4 is 17.6 Å². The molecule has 0 unspecified atom stereocenters. The van der Waals surface area contributed by atoms with Gasteiger partial charge in [-0.25, -0.2) is 0 Å². The molecule has 1 amide bonds. The maximum absolute atomic E-state index is 12.6. The van der Waals surface area contributed by atoms with Crippen LogP contribution in [0.3, 0.4) is 0 Å². The summed E-state index contributed by atoms with van der Waals surface area (Å²) in [7, 11) is 1.59. The molecule has 4 rings (SSSR count). The van der Waals surface area contributed by atoms with E-state index in [2.05, 4.69) is 12.1 Å². The van der Waals surface area contributed by atoms with Crippen LogP contribution in [0.1, 0.15) is 17.5 Å². The van der Waals surface area contributed by atoms with Crippen LogP contribution in [0.4, 0.5) is 5.69 Å². The van der Waals surface area contributed by atoms with Crippen LogP contribution in [0, 0.1) is 5.92 Å². The van der Waals surface area contributed by atoms with E-state index in [-0.39, 0.29) is 18.3 Å². The van der Waals surface area contributed by atoms with Crippen molar-refractivity contribution in [3.05, 3.63) is 90.0 Å². The first kappa shape index (κ1) is 19.7. The molecule has 5 nitrogen and oxygen atoms in total. The number of ether oxygens (including phenoxy) is 2. The fourth-order valence-electron chi connectivity index (χ4n) is 3.58. The highest BCUT2D eigenvalue weighted by atomic mass is 16.5. The number of carbonyl (C=O) groups is 2. The van der Waals surface area contributed by atoms with Gasteiger partial charge in [0.1, 0.15) is 11.5 Å². The Morgan fingerprint density at radius 3 is 2.20 bits per heavy atom. The molecule has 5 heteroatoms. The van der Waals surface area contributed by atoms with Gasteiger partial charge in [-0.3, -0.25) is 9.59 Å². The molecule has 30 heavy (non-hydrogen) atoms. The first-order valence-corrected chi connectivity index (χ1v) is 9.91. The number of methoxy groups -OCH3 is 1. The van der Waals surface area contributed by atoms with Gasteiger partial charge in [-0.1, -0.05) is 42.5 Å². The van der Waals surface area contributed by atoms with E-state index in [0.717, 1.165) is 23.4 Å². The van der Waals surface area contributed by atoms with E-state index < -0.39 is 5.92 Å². The minimum atomic E-state index is -0.483. The minimum absolute atomic E-state index is 0.0830. The van der Waals surface area contributed by atoms with E-state index in [1.54, 1.807) is 36.3 Å². The predicted molar refractivity (Wildman–Crippen MR) is 115 cm³/mol. The molecule has 0 saturated carbocycles. The first-order valence-electron chi connectivity index (χ1n) is 9.91. The topological polar surface area (TPSA) is 55.8 Å². The standard InChI is InChI=1S/C25H23NO4/c1-29-22-13-9-21(10-14-22)26-17-20(16-24(26)27)25(28)30-23-11-7-19(8-12-23)15-18-5-3-2-4-6-18/h2-14,20H,15-17H2,1H3/t20-/m1/s1. The Morgan fingerprint density at radius 2 is 1.53 bits per heavy atom. The zero-order valence-electron chi connectivity index (χ0n) is 16.8. The maximum atomic E-state index is 12.6. The zero-order valence-corrected chi connectivity index (χ0v) is 16.8. The first-order chi connectivity index (χ1) is 14.6. The number of benzene rings is 3. The van der Waals surface area contributed by atoms with Crippen molar-refractivity contribution < 1.29 is 19.1 Å². The molecule has 3 aromatic carbocycles. The predicted octanol–water partition coefficient (Wildman–Crippen LogP) is 4.24. The summed E-state index contributed by atoms with van der Waals surface area (Å²) in [6.45, 7) is 0.316. The summed E-state index contributed by atoms with van der Waals surface area (Å²) in [5.41, 5.74) is 3.12. The van der Waals surface area contributed by atoms with E-state index in [1.807, 2.05) is 42.5 Å². The molecular formula is C25H23NO4. The molecule has 152 valence electrons. The second kappa shape index (κ2) is 8.82. The molecule has 3 aromatic rings. The van der Waals surface area contributed by atoms with E-state index in [0.29, 0.717) is 12.3 Å². The van der Waals surface area contributed by atoms with Gasteiger partial charge in [0.25, 0.3) is 0 Å². The van der Waals surface area contributed by atoms with Crippen molar-refractivity contribution in [3.63, 3.8) is 0 Å². The lowest BCUT2D eigenvalue weighted by Crippen LogP contribution is -2.27. The molecule has 1 heterocycles. The lowest BCUT2D eigenvalue weighted by molar-refractivity contribution is -0.139. The van der Waals surface area contributed by atoms with Crippen LogP contribution < -0.4 is 14.4 Å². The van der Waals surface area contributed by atoms with Gasteiger partial charge in [0.2, 0.25) is 5.91 Å². The molecule has 0 radical (unpaired) electrons. The Bertz CT molecular complexity index is 1010. The summed E-state index contributed by atoms with van der Waals surface area (Å²) in [6, 6.07) is 24.9. The van der Waals surface area contributed by atoms with Crippen molar-refractivity contribution in [1.29, 1.82) is 0 Å². The summed E-state index contributed by atoms with van der Waals surface area (Å²) in [5.74, 6) is 0.267. The molecule has 0 aromatic heterocycles. The summed E-state index contributed by atoms with van der Waals surface area (Å²) in [5, 5.41) is 0. The normalized spacial score (nSPS) is 15.8. The quantitative estimate of drug-likeness (QED) is 0.458. The molecule has 0 bridgehead atoms. The maximum Gasteiger partial charge on any atom is 0.316 e. The van der Waals surface area contributed by atoms with Crippen LogP contribution in [0.5, 0.6) is 11.5 Å². The highest BCUT2D eigenvalue weighted by Crippen LogP contribution is 2.28. The van der Waals surface area contributed by atoms with Crippen molar-refractivity contribution in [1.82, 2.24) is 0 Å². The second-order valence-corrected chi connectivity index (χ2v) is 7.33. The summed E-state index contributed by atoms with van der Waals surface area (Å²) < 4.78 is 10.7. The number of hydrogen-bond acceptors (Lipinski definition) is 4. The van der Waals surface area contributed by atoms with Gasteiger partial charge in [-0.15, -0.1) is 0 Å². The van der Waals surface area contributed by atoms with E-state index >= 15 is 0 Å². The Morgan fingerprint density at radius 1 is 0.900 bits per heavy atom. The van der Waals surface area contributed by atoms with Crippen LogP contribution in [0.15, 0.2) is 78.9 Å². The average molecular weight is 401 g/mol. The Labute approximate surface area is 175 Å². The molecule has 1 fully saturated rings. The third-order valence-electron chi connectivity index (χ3n) is 5.24. The highest BCUT2D eigenvalue weighted by Gasteiger charge is 2.36. The smallest absolute Gasteiger partial charge is 0.316 e. The molecule has 1 aliphatic heterocycles. The van der Waals surface area contributed by atoms with Crippen LogP contribution in [0.25, 0.3) is 0 Å². The van der Waals surface area contributed by atoms with Crippen LogP contribution >= 0.6 is 0 Å². The van der Waals surface area contributed by atoms with Gasteiger partial charge in [-0.2, -0.15) is 0 Å². The van der Waals surface area contributed by atoms with Crippen LogP contribution in [-0.4, -0.2) is 25.5 Å². The molecule has 0 N–H and O–H groups in total. The van der Waals surface area contributed by atoms with Crippen molar-refractivity contribution in [2.24, 2.45) is 5.92 Å². The number of anilines is 1. The fourth-order valence-corrected chi connectivity index (χ4v) is 3.58. The van der Waals surface area contributed by atoms with Crippen LogP contribution in [0.2, 0.25) is 0 Å². The molecule has 1 saturated heterocycles. The largest absolute Gasteiger partial charge is 0.497 e. The zero-order chi connectivity index (χ0) is 20.9. The number of carbonyl (C=O) groups excluding carboxylic acids is 2. The minimum Gasteiger partial charge on any atom is -0.497 e. The lowest BCUT2D eigenvalue weighted by Gasteiger charge is -2.17. The van der Waals surface area contributed by atoms with Gasteiger partial charge in [-0.05, 0) is 53.9 Å². The Hall–Kier alpha value is -3.60. The number of rotatable bonds is 6. The molecule has 0 aliphatic carbocycles. The van der Waals surface area contributed by atoms with Crippen molar-refractivity contribution in [2.75, 3.05) is 18.6 Å². The van der Waals surface area contributed by atoms with Gasteiger partial charge < -0.3 is 14.4 Å². The number of esters is 1. The Balaban J connectivity index is 1.36. The highest BCUT2D eigenvalue weighted by molar-refractivity contribution is 5.99. The van der Waals surface area contributed by atoms with E-state index in [1.165, 1.54) is 5.56 Å². The molecule has 1 aliphatic rings. The summed E-state index contributed by atoms with van der Waals surface area (Å²) in [4.78, 5) is 26.6. The third-order valence-corrected chi connectivity index (χ3v) is 5.24. The van der Waals surface area contributed by atoms with E-state index in [4.69, 9.17) is 9.47 Å². The molecule has 0 spiro atoms. The van der Waals surface area contributed by atoms with Crippen LogP contribution in [-0.2, 0) is 16.0 Å². The monoisotopic (exact) mass is 401 g/mol. The number of nitrogens with zero attached hydrogens (tertiary/aromatic N) is 1. The van der Waals surface area contributed by atoms with Gasteiger partial charge in [0.05, 0.1) is 13.0 Å². The number of amides is 1. The average Bonchev–Trinajstić information content (AvgIpc) is 3.18. The van der Waals surface area contributed by atoms with Crippen molar-refractivity contribution in [2.45, 2.75) is 12.8 Å². The molecular weight excluding hydrogens is 378 g/mol. The number of hydrogen-bond donors (Lipinski definition) is 0. The SMILES string of the molecule is COc1ccc(N2C[C@H](C(=O)Oc3ccc(Cc4ccccc4)cc3)CC2=O)cc1. The van der Waals surface area contributed by atoms with Gasteiger partial charge >= 0.3 is 5.97 Å². The Kier molecular flexibility index (Phi) is 5.80. The fraction of sp³-hybridized carbons (Fsp3) is 0.200. The van der Waals surface area contributed by atoms with Gasteiger partial charge in [0, 0.05) is 18.7 Å². The second-order valence-electron chi connectivity index (χ2n) is 7.33. The van der Waals surface area contributed by atoms with Gasteiger partial charge in [0.15, 0.2) is 0 Å². The summed E-state index contributed by atoms with van der Waals surface area (Å²) >= 11 is 0. The summed E-state index contributed by atoms with van der Waals surface area (Å²) in [6.07, 6.45) is 0.972.